The van der Waals surface area contributed by atoms with Crippen LogP contribution >= 0.6 is 0 Å². The molecule has 0 amide bonds. The van der Waals surface area contributed by atoms with Gasteiger partial charge in [-0.25, -0.2) is 0 Å². The number of benzene rings is 1. The topological polar surface area (TPSA) is 55.5 Å². The summed E-state index contributed by atoms with van der Waals surface area (Å²) in [6, 6.07) is 12.2. The van der Waals surface area contributed by atoms with Crippen molar-refractivity contribution in [2.45, 2.75) is 19.8 Å². The SMILES string of the molecule is COc1ccc(CCCN(C)c2ccc3nnc(C)n3n2)cc1. The fourth-order valence-corrected chi connectivity index (χ4v) is 2.52. The van der Waals surface area contributed by atoms with Gasteiger partial charge in [-0.2, -0.15) is 4.52 Å². The summed E-state index contributed by atoms with van der Waals surface area (Å²) in [5, 5.41) is 12.7. The highest BCUT2D eigenvalue weighted by Crippen LogP contribution is 2.14. The zero-order chi connectivity index (χ0) is 16.2. The molecule has 1 aromatic carbocycles. The fraction of sp³-hybridized carbons (Fsp3) is 0.353. The van der Waals surface area contributed by atoms with E-state index in [0.717, 1.165) is 42.4 Å². The first-order chi connectivity index (χ1) is 11.2. The largest absolute Gasteiger partial charge is 0.497 e. The van der Waals surface area contributed by atoms with Crippen LogP contribution in [0.15, 0.2) is 36.4 Å². The third-order valence-electron chi connectivity index (χ3n) is 3.91. The Balaban J connectivity index is 1.59. The minimum atomic E-state index is 0.776. The molecule has 0 bridgehead atoms. The van der Waals surface area contributed by atoms with Crippen molar-refractivity contribution < 1.29 is 4.74 Å². The lowest BCUT2D eigenvalue weighted by Gasteiger charge is -2.18. The van der Waals surface area contributed by atoms with Gasteiger partial charge in [0.05, 0.1) is 7.11 Å². The summed E-state index contributed by atoms with van der Waals surface area (Å²) < 4.78 is 6.95. The van der Waals surface area contributed by atoms with Crippen molar-refractivity contribution in [1.29, 1.82) is 0 Å². The van der Waals surface area contributed by atoms with E-state index in [4.69, 9.17) is 4.74 Å². The zero-order valence-corrected chi connectivity index (χ0v) is 13.7. The number of anilines is 1. The smallest absolute Gasteiger partial charge is 0.178 e. The zero-order valence-electron chi connectivity index (χ0n) is 13.7. The highest BCUT2D eigenvalue weighted by Gasteiger charge is 2.07. The van der Waals surface area contributed by atoms with Gasteiger partial charge in [0.25, 0.3) is 0 Å². The number of fused-ring (bicyclic) bond motifs is 1. The Kier molecular flexibility index (Phi) is 4.41. The number of methoxy groups -OCH3 is 1. The molecule has 120 valence electrons. The van der Waals surface area contributed by atoms with Crippen molar-refractivity contribution in [2.24, 2.45) is 0 Å². The van der Waals surface area contributed by atoms with Crippen LogP contribution in [0.4, 0.5) is 5.82 Å². The van der Waals surface area contributed by atoms with E-state index >= 15 is 0 Å². The fourth-order valence-electron chi connectivity index (χ4n) is 2.52. The maximum absolute atomic E-state index is 5.18. The second-order valence-electron chi connectivity index (χ2n) is 5.58. The van der Waals surface area contributed by atoms with Crippen molar-refractivity contribution >= 4 is 11.5 Å². The Morgan fingerprint density at radius 3 is 2.61 bits per heavy atom. The molecule has 2 heterocycles. The van der Waals surface area contributed by atoms with E-state index in [9.17, 15) is 0 Å². The Labute approximate surface area is 135 Å². The second kappa shape index (κ2) is 6.64. The van der Waals surface area contributed by atoms with Crippen molar-refractivity contribution in [3.05, 3.63) is 47.8 Å². The predicted molar refractivity (Wildman–Crippen MR) is 90.1 cm³/mol. The van der Waals surface area contributed by atoms with Crippen LogP contribution in [-0.2, 0) is 6.42 Å². The molecule has 0 unspecified atom stereocenters. The first-order valence-corrected chi connectivity index (χ1v) is 7.70. The van der Waals surface area contributed by atoms with Gasteiger partial charge in [0.2, 0.25) is 0 Å². The summed E-state index contributed by atoms with van der Waals surface area (Å²) >= 11 is 0. The number of ether oxygens (including phenoxy) is 1. The summed E-state index contributed by atoms with van der Waals surface area (Å²) in [6.45, 7) is 2.84. The molecule has 0 fully saturated rings. The van der Waals surface area contributed by atoms with Crippen LogP contribution < -0.4 is 9.64 Å². The molecule has 0 aliphatic rings. The Morgan fingerprint density at radius 1 is 1.09 bits per heavy atom. The summed E-state index contributed by atoms with van der Waals surface area (Å²) in [6.07, 6.45) is 2.09. The summed E-state index contributed by atoms with van der Waals surface area (Å²) in [4.78, 5) is 2.16. The van der Waals surface area contributed by atoms with Gasteiger partial charge in [-0.05, 0) is 49.6 Å². The van der Waals surface area contributed by atoms with E-state index in [1.54, 1.807) is 11.6 Å². The summed E-state index contributed by atoms with van der Waals surface area (Å²) in [7, 11) is 3.74. The van der Waals surface area contributed by atoms with E-state index in [2.05, 4.69) is 39.4 Å². The standard InChI is InChI=1S/C17H21N5O/c1-13-18-19-16-10-11-17(20-22(13)16)21(2)12-4-5-14-6-8-15(23-3)9-7-14/h6-11H,4-5,12H2,1-3H3. The van der Waals surface area contributed by atoms with Gasteiger partial charge in [0.15, 0.2) is 11.5 Å². The molecule has 0 spiro atoms. The van der Waals surface area contributed by atoms with Gasteiger partial charge < -0.3 is 9.64 Å². The first kappa shape index (κ1) is 15.3. The Bertz CT molecular complexity index is 781. The van der Waals surface area contributed by atoms with Gasteiger partial charge in [-0.15, -0.1) is 15.3 Å². The molecule has 3 aromatic rings. The molecule has 3 rings (SSSR count). The van der Waals surface area contributed by atoms with Crippen molar-refractivity contribution in [2.75, 3.05) is 25.6 Å². The highest BCUT2D eigenvalue weighted by atomic mass is 16.5. The third kappa shape index (κ3) is 3.41. The van der Waals surface area contributed by atoms with Gasteiger partial charge >= 0.3 is 0 Å². The minimum Gasteiger partial charge on any atom is -0.497 e. The van der Waals surface area contributed by atoms with Crippen LogP contribution in [0.5, 0.6) is 5.75 Å². The van der Waals surface area contributed by atoms with Crippen molar-refractivity contribution in [3.63, 3.8) is 0 Å². The molecule has 0 aliphatic heterocycles. The van der Waals surface area contributed by atoms with E-state index in [1.165, 1.54) is 5.56 Å². The van der Waals surface area contributed by atoms with Crippen molar-refractivity contribution in [3.8, 4) is 5.75 Å². The molecule has 0 saturated carbocycles. The van der Waals surface area contributed by atoms with Gasteiger partial charge in [-0.1, -0.05) is 12.1 Å². The lowest BCUT2D eigenvalue weighted by Crippen LogP contribution is -2.21. The molecule has 6 nitrogen and oxygen atoms in total. The molecule has 0 radical (unpaired) electrons. The van der Waals surface area contributed by atoms with Gasteiger partial charge in [-0.3, -0.25) is 0 Å². The molecule has 0 saturated heterocycles. The number of hydrogen-bond acceptors (Lipinski definition) is 5. The second-order valence-corrected chi connectivity index (χ2v) is 5.58. The van der Waals surface area contributed by atoms with E-state index < -0.39 is 0 Å². The van der Waals surface area contributed by atoms with Crippen LogP contribution in [0.2, 0.25) is 0 Å². The lowest BCUT2D eigenvalue weighted by molar-refractivity contribution is 0.414. The molecule has 2 aromatic heterocycles. The predicted octanol–water partition coefficient (Wildman–Crippen LogP) is 2.51. The molecule has 0 aliphatic carbocycles. The van der Waals surface area contributed by atoms with Crippen LogP contribution in [0.1, 0.15) is 17.8 Å². The van der Waals surface area contributed by atoms with Crippen LogP contribution in [0.25, 0.3) is 5.65 Å². The monoisotopic (exact) mass is 311 g/mol. The molecular formula is C17H21N5O. The minimum absolute atomic E-state index is 0.776. The first-order valence-electron chi connectivity index (χ1n) is 7.70. The van der Waals surface area contributed by atoms with E-state index in [0.29, 0.717) is 0 Å². The number of nitrogens with zero attached hydrogens (tertiary/aromatic N) is 5. The Hall–Kier alpha value is -2.63. The Morgan fingerprint density at radius 2 is 1.87 bits per heavy atom. The van der Waals surface area contributed by atoms with Crippen molar-refractivity contribution in [1.82, 2.24) is 19.8 Å². The normalized spacial score (nSPS) is 10.9. The quantitative estimate of drug-likeness (QED) is 0.700. The lowest BCUT2D eigenvalue weighted by atomic mass is 10.1. The molecule has 0 N–H and O–H groups in total. The van der Waals surface area contributed by atoms with E-state index in [-0.39, 0.29) is 0 Å². The highest BCUT2D eigenvalue weighted by molar-refractivity contribution is 5.45. The van der Waals surface area contributed by atoms with Crippen LogP contribution in [0.3, 0.4) is 0 Å². The molecule has 0 atom stereocenters. The molecule has 23 heavy (non-hydrogen) atoms. The number of aromatic nitrogens is 4. The summed E-state index contributed by atoms with van der Waals surface area (Å²) in [5.41, 5.74) is 2.09. The van der Waals surface area contributed by atoms with Gasteiger partial charge in [0, 0.05) is 13.6 Å². The summed E-state index contributed by atoms with van der Waals surface area (Å²) in [5.74, 6) is 2.62. The van der Waals surface area contributed by atoms with Crippen LogP contribution in [0, 0.1) is 6.92 Å². The number of aryl methyl sites for hydroxylation is 2. The van der Waals surface area contributed by atoms with E-state index in [1.807, 2.05) is 31.2 Å². The average Bonchev–Trinajstić information content (AvgIpc) is 2.96. The average molecular weight is 311 g/mol. The number of hydrogen-bond donors (Lipinski definition) is 0. The van der Waals surface area contributed by atoms with Crippen LogP contribution in [-0.4, -0.2) is 40.5 Å². The molecular weight excluding hydrogens is 290 g/mol. The maximum Gasteiger partial charge on any atom is 0.178 e. The van der Waals surface area contributed by atoms with Gasteiger partial charge in [0.1, 0.15) is 11.6 Å². The maximum atomic E-state index is 5.18. The third-order valence-corrected chi connectivity index (χ3v) is 3.91. The molecule has 6 heteroatoms. The number of rotatable bonds is 6.